The number of aliphatic hydroxyl groups is 1. The van der Waals surface area contributed by atoms with Gasteiger partial charge in [0.15, 0.2) is 0 Å². The fourth-order valence-corrected chi connectivity index (χ4v) is 5.23. The Balaban J connectivity index is 1.86. The van der Waals surface area contributed by atoms with E-state index in [1.165, 1.54) is 16.2 Å². The fourth-order valence-electron chi connectivity index (χ4n) is 2.67. The van der Waals surface area contributed by atoms with E-state index in [2.05, 4.69) is 6.07 Å². The van der Waals surface area contributed by atoms with Gasteiger partial charge >= 0.3 is 0 Å². The van der Waals surface area contributed by atoms with Crippen molar-refractivity contribution in [3.8, 4) is 0 Å². The van der Waals surface area contributed by atoms with E-state index in [4.69, 9.17) is 17.3 Å². The molecule has 5 heteroatoms. The van der Waals surface area contributed by atoms with Gasteiger partial charge in [-0.05, 0) is 41.5 Å². The number of hydrogen-bond donors (Lipinski definition) is 2. The summed E-state index contributed by atoms with van der Waals surface area (Å²) in [5.74, 6) is 2.16. The molecule has 2 unspecified atom stereocenters. The Morgan fingerprint density at radius 1 is 1.29 bits per heavy atom. The fraction of sp³-hybridized carbons (Fsp3) is 0.375. The summed E-state index contributed by atoms with van der Waals surface area (Å²) in [5.41, 5.74) is 8.33. The first-order valence-electron chi connectivity index (χ1n) is 7.02. The van der Waals surface area contributed by atoms with Crippen LogP contribution in [0.1, 0.15) is 32.9 Å². The predicted octanol–water partition coefficient (Wildman–Crippen LogP) is 3.97. The minimum absolute atomic E-state index is 0.0879. The van der Waals surface area contributed by atoms with E-state index in [1.807, 2.05) is 36.0 Å². The third kappa shape index (κ3) is 3.30. The number of rotatable bonds is 4. The van der Waals surface area contributed by atoms with Crippen molar-refractivity contribution in [2.45, 2.75) is 24.2 Å². The molecule has 0 saturated carbocycles. The maximum atomic E-state index is 10.7. The highest BCUT2D eigenvalue weighted by Gasteiger charge is 2.25. The first-order valence-corrected chi connectivity index (χ1v) is 9.36. The molecule has 0 spiro atoms. The van der Waals surface area contributed by atoms with E-state index in [9.17, 15) is 5.11 Å². The second-order valence-corrected chi connectivity index (χ2v) is 7.95. The van der Waals surface area contributed by atoms with Crippen molar-refractivity contribution in [2.24, 2.45) is 5.73 Å². The van der Waals surface area contributed by atoms with Crippen LogP contribution in [0.5, 0.6) is 0 Å². The molecule has 0 saturated heterocycles. The summed E-state index contributed by atoms with van der Waals surface area (Å²) in [7, 11) is 0. The molecular weight excluding hydrogens is 322 g/mol. The Hall–Kier alpha value is -0.520. The van der Waals surface area contributed by atoms with Crippen molar-refractivity contribution in [1.82, 2.24) is 0 Å². The summed E-state index contributed by atoms with van der Waals surface area (Å²) in [6.45, 7) is 0.417. The number of thioether (sulfide) groups is 1. The highest BCUT2D eigenvalue weighted by molar-refractivity contribution is 7.98. The quantitative estimate of drug-likeness (QED) is 0.886. The van der Waals surface area contributed by atoms with Crippen LogP contribution in [-0.4, -0.2) is 17.4 Å². The number of fused-ring (bicyclic) bond motifs is 1. The molecule has 0 aliphatic carbocycles. The highest BCUT2D eigenvalue weighted by Crippen LogP contribution is 2.39. The van der Waals surface area contributed by atoms with Crippen LogP contribution < -0.4 is 5.73 Å². The van der Waals surface area contributed by atoms with E-state index in [0.717, 1.165) is 22.6 Å². The number of aliphatic hydroxyl groups excluding tert-OH is 1. The Kier molecular flexibility index (Phi) is 4.92. The van der Waals surface area contributed by atoms with E-state index in [-0.39, 0.29) is 5.92 Å². The highest BCUT2D eigenvalue weighted by atomic mass is 35.5. The zero-order valence-corrected chi connectivity index (χ0v) is 14.0. The zero-order chi connectivity index (χ0) is 14.8. The Labute approximate surface area is 138 Å². The summed E-state index contributed by atoms with van der Waals surface area (Å²) in [6.07, 6.45) is 0.572. The lowest BCUT2D eigenvalue weighted by molar-refractivity contribution is 0.151. The van der Waals surface area contributed by atoms with Crippen LogP contribution in [0, 0.1) is 0 Å². The van der Waals surface area contributed by atoms with Crippen LogP contribution in [0.15, 0.2) is 30.3 Å². The van der Waals surface area contributed by atoms with Crippen molar-refractivity contribution in [3.05, 3.63) is 56.2 Å². The smallest absolute Gasteiger partial charge is 0.0962 e. The molecule has 0 fully saturated rings. The molecule has 0 radical (unpaired) electrons. The van der Waals surface area contributed by atoms with Crippen LogP contribution in [0.2, 0.25) is 5.02 Å². The largest absolute Gasteiger partial charge is 0.387 e. The van der Waals surface area contributed by atoms with Gasteiger partial charge in [0, 0.05) is 33.0 Å². The standard InChI is InChI=1S/C16H18ClNOS2/c17-12-3-1-10(2-4-12)13(8-18)16(19)15-7-11-9-20-6-5-14(11)21-15/h1-4,7,13,16,19H,5-6,8-9,18H2. The summed E-state index contributed by atoms with van der Waals surface area (Å²) in [4.78, 5) is 2.46. The van der Waals surface area contributed by atoms with Crippen molar-refractivity contribution in [2.75, 3.05) is 12.3 Å². The Bertz CT molecular complexity index is 588. The Morgan fingerprint density at radius 2 is 2.05 bits per heavy atom. The summed E-state index contributed by atoms with van der Waals surface area (Å²) >= 11 is 9.63. The molecule has 1 aliphatic rings. The molecule has 0 bridgehead atoms. The SMILES string of the molecule is NCC(c1ccc(Cl)cc1)C(O)c1cc2c(s1)CCSC2. The Morgan fingerprint density at radius 3 is 2.71 bits per heavy atom. The number of thiophene rings is 1. The summed E-state index contributed by atoms with van der Waals surface area (Å²) in [6, 6.07) is 9.76. The van der Waals surface area contributed by atoms with Crippen LogP contribution in [0.3, 0.4) is 0 Å². The predicted molar refractivity (Wildman–Crippen MR) is 92.4 cm³/mol. The lowest BCUT2D eigenvalue weighted by Crippen LogP contribution is -2.19. The van der Waals surface area contributed by atoms with Gasteiger partial charge in [-0.25, -0.2) is 0 Å². The summed E-state index contributed by atoms with van der Waals surface area (Å²) < 4.78 is 0. The molecule has 3 rings (SSSR count). The van der Waals surface area contributed by atoms with E-state index in [0.29, 0.717) is 11.6 Å². The average molecular weight is 340 g/mol. The second-order valence-electron chi connectivity index (χ2n) is 5.24. The van der Waals surface area contributed by atoms with Crippen molar-refractivity contribution in [1.29, 1.82) is 0 Å². The monoisotopic (exact) mass is 339 g/mol. The number of nitrogens with two attached hydrogens (primary N) is 1. The molecule has 112 valence electrons. The lowest BCUT2D eigenvalue weighted by Gasteiger charge is -2.21. The van der Waals surface area contributed by atoms with Gasteiger partial charge in [0.25, 0.3) is 0 Å². The third-order valence-electron chi connectivity index (χ3n) is 3.87. The van der Waals surface area contributed by atoms with Gasteiger partial charge in [-0.15, -0.1) is 11.3 Å². The van der Waals surface area contributed by atoms with Crippen LogP contribution in [0.4, 0.5) is 0 Å². The molecule has 2 aromatic rings. The second kappa shape index (κ2) is 6.71. The van der Waals surface area contributed by atoms with Gasteiger partial charge in [0.2, 0.25) is 0 Å². The van der Waals surface area contributed by atoms with Crippen molar-refractivity contribution in [3.63, 3.8) is 0 Å². The summed E-state index contributed by atoms with van der Waals surface area (Å²) in [5, 5.41) is 11.4. The van der Waals surface area contributed by atoms with Crippen LogP contribution in [0.25, 0.3) is 0 Å². The first kappa shape index (κ1) is 15.4. The first-order chi connectivity index (χ1) is 10.2. The molecule has 1 aliphatic heterocycles. The minimum Gasteiger partial charge on any atom is -0.387 e. The van der Waals surface area contributed by atoms with Crippen LogP contribution >= 0.6 is 34.7 Å². The molecule has 1 aromatic carbocycles. The molecule has 21 heavy (non-hydrogen) atoms. The molecule has 2 nitrogen and oxygen atoms in total. The molecule has 3 N–H and O–H groups in total. The molecular formula is C16H18ClNOS2. The van der Waals surface area contributed by atoms with Gasteiger partial charge in [-0.3, -0.25) is 0 Å². The van der Waals surface area contributed by atoms with E-state index in [1.54, 1.807) is 11.3 Å². The normalized spacial score (nSPS) is 17.3. The number of hydrogen-bond acceptors (Lipinski definition) is 4. The van der Waals surface area contributed by atoms with E-state index >= 15 is 0 Å². The van der Waals surface area contributed by atoms with Gasteiger partial charge in [0.05, 0.1) is 6.10 Å². The van der Waals surface area contributed by atoms with Crippen LogP contribution in [-0.2, 0) is 12.2 Å². The lowest BCUT2D eigenvalue weighted by atomic mass is 9.92. The maximum absolute atomic E-state index is 10.7. The molecule has 2 heterocycles. The number of benzene rings is 1. The van der Waals surface area contributed by atoms with E-state index < -0.39 is 6.10 Å². The zero-order valence-electron chi connectivity index (χ0n) is 11.6. The number of halogens is 1. The third-order valence-corrected chi connectivity index (χ3v) is 6.44. The van der Waals surface area contributed by atoms with Gasteiger partial charge < -0.3 is 10.8 Å². The minimum atomic E-state index is -0.545. The maximum Gasteiger partial charge on any atom is 0.0962 e. The molecule has 0 amide bonds. The molecule has 2 atom stereocenters. The van der Waals surface area contributed by atoms with Gasteiger partial charge in [-0.2, -0.15) is 11.8 Å². The topological polar surface area (TPSA) is 46.2 Å². The molecule has 1 aromatic heterocycles. The number of aryl methyl sites for hydroxylation is 1. The van der Waals surface area contributed by atoms with Gasteiger partial charge in [0.1, 0.15) is 0 Å². The average Bonchev–Trinajstić information content (AvgIpc) is 2.93. The van der Waals surface area contributed by atoms with Gasteiger partial charge in [-0.1, -0.05) is 23.7 Å². The van der Waals surface area contributed by atoms with Crippen molar-refractivity contribution < 1.29 is 5.11 Å². The van der Waals surface area contributed by atoms with Crippen molar-refractivity contribution >= 4 is 34.7 Å².